The Morgan fingerprint density at radius 1 is 0.686 bits per heavy atom. The van der Waals surface area contributed by atoms with Gasteiger partial charge in [0.1, 0.15) is 11.5 Å². The molecule has 0 N–H and O–H groups in total. The molecule has 2 aromatic rings. The molecule has 0 amide bonds. The van der Waals surface area contributed by atoms with Crippen molar-refractivity contribution >= 4 is 7.51 Å². The molecule has 0 aromatic heterocycles. The average molecular weight is 498 g/mol. The van der Waals surface area contributed by atoms with Gasteiger partial charge in [-0.05, 0) is 70.7 Å². The molecule has 0 aliphatic carbocycles. The molecule has 2 aromatic carbocycles. The molecule has 194 valence electrons. The first-order chi connectivity index (χ1) is 16.7. The number of rotatable bonds is 4. The van der Waals surface area contributed by atoms with Crippen molar-refractivity contribution in [3.63, 3.8) is 0 Å². The molecule has 3 nitrogen and oxygen atoms in total. The Hall–Kier alpha value is -1.73. The summed E-state index contributed by atoms with van der Waals surface area (Å²) in [4.78, 5) is 0. The highest BCUT2D eigenvalue weighted by Gasteiger charge is 2.46. The summed E-state index contributed by atoms with van der Waals surface area (Å²) in [5, 5.41) is -0.244. The Balaban J connectivity index is 2.09. The van der Waals surface area contributed by atoms with E-state index in [-0.39, 0.29) is 10.7 Å². The van der Waals surface area contributed by atoms with E-state index < -0.39 is 7.51 Å². The molecule has 0 saturated carbocycles. The fourth-order valence-electron chi connectivity index (χ4n) is 5.28. The highest BCUT2D eigenvalue weighted by atomic mass is 31.2. The van der Waals surface area contributed by atoms with Gasteiger partial charge >= 0.3 is 7.51 Å². The van der Waals surface area contributed by atoms with Crippen LogP contribution in [0.1, 0.15) is 105 Å². The maximum absolute atomic E-state index is 6.97. The van der Waals surface area contributed by atoms with Crippen LogP contribution in [0.15, 0.2) is 65.4 Å². The molecule has 1 aliphatic rings. The van der Waals surface area contributed by atoms with Gasteiger partial charge in [0.15, 0.2) is 0 Å². The lowest BCUT2D eigenvalue weighted by molar-refractivity contribution is 0.352. The summed E-state index contributed by atoms with van der Waals surface area (Å²) < 4.78 is 19.6. The minimum Gasteiger partial charge on any atom is -0.430 e. The molecule has 1 atom stereocenters. The van der Waals surface area contributed by atoms with Crippen molar-refractivity contribution < 1.29 is 9.05 Å². The van der Waals surface area contributed by atoms with Crippen LogP contribution < -0.4 is 9.05 Å². The van der Waals surface area contributed by atoms with Crippen LogP contribution in [0.4, 0.5) is 0 Å². The van der Waals surface area contributed by atoms with E-state index in [0.29, 0.717) is 5.92 Å². The van der Waals surface area contributed by atoms with Crippen LogP contribution in [-0.2, 0) is 0 Å². The summed E-state index contributed by atoms with van der Waals surface area (Å²) in [5.41, 5.74) is -0.227. The van der Waals surface area contributed by atoms with Crippen LogP contribution in [0.3, 0.4) is 0 Å². The van der Waals surface area contributed by atoms with Crippen molar-refractivity contribution in [2.45, 2.75) is 116 Å². The molecule has 1 unspecified atom stereocenters. The number of hydrogen-bond donors (Lipinski definition) is 0. The lowest BCUT2D eigenvalue weighted by Crippen LogP contribution is -2.31. The van der Waals surface area contributed by atoms with Gasteiger partial charge in [-0.2, -0.15) is 0 Å². The van der Waals surface area contributed by atoms with Gasteiger partial charge in [-0.25, -0.2) is 4.74 Å². The maximum Gasteiger partial charge on any atom is 0.320 e. The molecule has 3 rings (SSSR count). The predicted octanol–water partition coefficient (Wildman–Crippen LogP) is 10.7. The van der Waals surface area contributed by atoms with E-state index in [1.165, 1.54) is 57.8 Å². The summed E-state index contributed by atoms with van der Waals surface area (Å²) in [6.45, 7) is 11.6. The lowest BCUT2D eigenvalue weighted by Gasteiger charge is -2.41. The minimum atomic E-state index is -2.77. The predicted molar refractivity (Wildman–Crippen MR) is 152 cm³/mol. The third kappa shape index (κ3) is 8.71. The Morgan fingerprint density at radius 3 is 1.66 bits per heavy atom. The summed E-state index contributed by atoms with van der Waals surface area (Å²) in [7, 11) is -2.77. The van der Waals surface area contributed by atoms with Crippen molar-refractivity contribution in [1.29, 1.82) is 0 Å². The molecule has 0 spiro atoms. The summed E-state index contributed by atoms with van der Waals surface area (Å²) >= 11 is 0. The second-order valence-corrected chi connectivity index (χ2v) is 14.5. The largest absolute Gasteiger partial charge is 0.430 e. The lowest BCUT2D eigenvalue weighted by atomic mass is 9.92. The van der Waals surface area contributed by atoms with Crippen molar-refractivity contribution in [3.05, 3.63) is 60.7 Å². The van der Waals surface area contributed by atoms with Crippen LogP contribution in [0, 0.1) is 5.92 Å². The normalized spacial score (nSPS) is 23.5. The Labute approximate surface area is 215 Å². The summed E-state index contributed by atoms with van der Waals surface area (Å²) in [6.07, 6.45) is 13.9. The van der Waals surface area contributed by atoms with E-state index in [9.17, 15) is 0 Å². The first-order valence-corrected chi connectivity index (χ1v) is 15.4. The second-order valence-electron chi connectivity index (χ2n) is 11.7. The molecule has 4 heteroatoms. The second kappa shape index (κ2) is 13.0. The van der Waals surface area contributed by atoms with Gasteiger partial charge in [-0.1, -0.05) is 101 Å². The van der Waals surface area contributed by atoms with Gasteiger partial charge in [-0.3, -0.25) is 0 Å². The van der Waals surface area contributed by atoms with E-state index in [4.69, 9.17) is 13.8 Å². The van der Waals surface area contributed by atoms with Crippen LogP contribution in [-0.4, -0.2) is 10.7 Å². The van der Waals surface area contributed by atoms with Gasteiger partial charge in [-0.15, -0.1) is 0 Å². The topological polar surface area (TPSA) is 30.8 Å². The zero-order chi connectivity index (χ0) is 25.2. The Kier molecular flexibility index (Phi) is 10.3. The molecule has 0 saturated heterocycles. The average Bonchev–Trinajstić information content (AvgIpc) is 2.80. The first kappa shape index (κ1) is 27.9. The summed E-state index contributed by atoms with van der Waals surface area (Å²) in [6, 6.07) is 20.4. The van der Waals surface area contributed by atoms with Gasteiger partial charge < -0.3 is 9.05 Å². The van der Waals surface area contributed by atoms with Crippen molar-refractivity contribution in [2.24, 2.45) is 10.7 Å². The third-order valence-electron chi connectivity index (χ3n) is 7.20. The van der Waals surface area contributed by atoms with E-state index in [1.807, 2.05) is 60.7 Å². The van der Waals surface area contributed by atoms with Crippen LogP contribution in [0.25, 0.3) is 0 Å². The fraction of sp³-hybridized carbons (Fsp3) is 0.613. The smallest absolute Gasteiger partial charge is 0.320 e. The molecular formula is C31H48NO2P. The number of benzene rings is 2. The molecule has 0 radical (unpaired) electrons. The van der Waals surface area contributed by atoms with Crippen LogP contribution >= 0.6 is 7.51 Å². The summed E-state index contributed by atoms with van der Waals surface area (Å²) in [5.74, 6) is 2.27. The quantitative estimate of drug-likeness (QED) is 0.393. The van der Waals surface area contributed by atoms with Crippen molar-refractivity contribution in [2.75, 3.05) is 0 Å². The fourth-order valence-corrected chi connectivity index (χ4v) is 8.33. The van der Waals surface area contributed by atoms with Gasteiger partial charge in [0.25, 0.3) is 0 Å². The van der Waals surface area contributed by atoms with Gasteiger partial charge in [0.2, 0.25) is 0 Å². The molecule has 1 heterocycles. The molecular weight excluding hydrogens is 449 g/mol. The van der Waals surface area contributed by atoms with E-state index in [1.54, 1.807) is 0 Å². The monoisotopic (exact) mass is 497 g/mol. The Bertz CT molecular complexity index is 878. The highest BCUT2D eigenvalue weighted by Crippen LogP contribution is 2.65. The molecule has 0 bridgehead atoms. The van der Waals surface area contributed by atoms with E-state index in [2.05, 4.69) is 34.6 Å². The zero-order valence-electron chi connectivity index (χ0n) is 22.8. The number of nitrogens with zero attached hydrogens (tertiary/aromatic N) is 1. The maximum atomic E-state index is 6.97. The molecule has 1 aliphatic heterocycles. The third-order valence-corrected chi connectivity index (χ3v) is 10.6. The number of hydrogen-bond acceptors (Lipinski definition) is 3. The highest BCUT2D eigenvalue weighted by molar-refractivity contribution is 7.59. The Morgan fingerprint density at radius 2 is 1.14 bits per heavy atom. The van der Waals surface area contributed by atoms with Crippen LogP contribution in [0.2, 0.25) is 0 Å². The van der Waals surface area contributed by atoms with Crippen molar-refractivity contribution in [1.82, 2.24) is 0 Å². The van der Waals surface area contributed by atoms with E-state index >= 15 is 0 Å². The van der Waals surface area contributed by atoms with Gasteiger partial charge in [0.05, 0.1) is 10.7 Å². The van der Waals surface area contributed by atoms with Crippen molar-refractivity contribution in [3.8, 4) is 11.5 Å². The van der Waals surface area contributed by atoms with Gasteiger partial charge in [0, 0.05) is 0 Å². The first-order valence-electron chi connectivity index (χ1n) is 13.8. The molecule has 35 heavy (non-hydrogen) atoms. The van der Waals surface area contributed by atoms with E-state index in [0.717, 1.165) is 24.3 Å². The zero-order valence-corrected chi connectivity index (χ0v) is 23.7. The molecule has 0 fully saturated rings. The standard InChI is InChI=1S/C31H48NO2P/c1-27-20-14-10-8-6-7-9-11-19-25-30(2,3)32-35(31(4,5)26-27,33-28-21-15-12-16-22-28)34-29-23-17-13-18-24-29/h12-13,15-18,21-24,27H,6-11,14,19-20,25-26H2,1-5H3. The van der Waals surface area contributed by atoms with Crippen LogP contribution in [0.5, 0.6) is 11.5 Å². The number of para-hydroxylation sites is 2. The SMILES string of the molecule is CC1CCCCCCCCCCC(C)(C)N=P(Oc2ccccc2)(Oc2ccccc2)C(C)(C)C1. The minimum absolute atomic E-state index is 0.227.